The maximum absolute atomic E-state index is 12.7. The fourth-order valence-electron chi connectivity index (χ4n) is 2.48. The molecule has 7 heteroatoms. The molecule has 0 spiro atoms. The van der Waals surface area contributed by atoms with Gasteiger partial charge >= 0.3 is 0 Å². The van der Waals surface area contributed by atoms with Gasteiger partial charge in [0.1, 0.15) is 17.2 Å². The number of anilines is 1. The molecule has 3 rings (SSSR count). The number of aromatic nitrogens is 2. The minimum atomic E-state index is -0.290. The smallest absolute Gasteiger partial charge is 0.276 e. The van der Waals surface area contributed by atoms with Gasteiger partial charge < -0.3 is 14.8 Å². The lowest BCUT2D eigenvalue weighted by Crippen LogP contribution is -2.16. The van der Waals surface area contributed by atoms with E-state index < -0.39 is 0 Å². The molecule has 0 aliphatic heterocycles. The highest BCUT2D eigenvalue weighted by atomic mass is 16.5. The van der Waals surface area contributed by atoms with Crippen LogP contribution in [0, 0.1) is 0 Å². The van der Waals surface area contributed by atoms with Gasteiger partial charge in [-0.25, -0.2) is 0 Å². The van der Waals surface area contributed by atoms with Crippen molar-refractivity contribution < 1.29 is 14.3 Å². The first-order valence-corrected chi connectivity index (χ1v) is 8.26. The quantitative estimate of drug-likeness (QED) is 0.680. The molecule has 0 atom stereocenters. The molecule has 0 radical (unpaired) electrons. The van der Waals surface area contributed by atoms with Crippen LogP contribution in [0.25, 0.3) is 0 Å². The van der Waals surface area contributed by atoms with E-state index in [0.717, 1.165) is 17.1 Å². The number of rotatable bonds is 6. The number of nitrogens with one attached hydrogen (secondary N) is 1. The van der Waals surface area contributed by atoms with E-state index in [0.29, 0.717) is 17.1 Å². The Kier molecular flexibility index (Phi) is 5.51. The fourth-order valence-corrected chi connectivity index (χ4v) is 2.48. The van der Waals surface area contributed by atoms with Gasteiger partial charge in [-0.1, -0.05) is 0 Å². The molecule has 0 aliphatic rings. The summed E-state index contributed by atoms with van der Waals surface area (Å²) in [4.78, 5) is 17.1. The Hall–Kier alpha value is -3.61. The molecule has 0 fully saturated rings. The van der Waals surface area contributed by atoms with Gasteiger partial charge in [-0.05, 0) is 54.1 Å². The first-order valence-electron chi connectivity index (χ1n) is 8.26. The average Bonchev–Trinajstić information content (AvgIpc) is 3.08. The highest BCUT2D eigenvalue weighted by molar-refractivity contribution is 6.06. The second-order valence-electron chi connectivity index (χ2n) is 5.72. The van der Waals surface area contributed by atoms with Gasteiger partial charge in [0.25, 0.3) is 5.91 Å². The van der Waals surface area contributed by atoms with Gasteiger partial charge in [0.15, 0.2) is 5.69 Å². The highest BCUT2D eigenvalue weighted by Crippen LogP contribution is 2.21. The molecule has 1 amide bonds. The third-order valence-corrected chi connectivity index (χ3v) is 3.95. The lowest BCUT2D eigenvalue weighted by Gasteiger charge is -2.07. The molecule has 0 bridgehead atoms. The molecule has 1 aromatic heterocycles. The largest absolute Gasteiger partial charge is 0.497 e. The minimum Gasteiger partial charge on any atom is -0.497 e. The second-order valence-corrected chi connectivity index (χ2v) is 5.72. The van der Waals surface area contributed by atoms with Crippen LogP contribution in [0.4, 0.5) is 11.4 Å². The Morgan fingerprint density at radius 2 is 1.63 bits per heavy atom. The summed E-state index contributed by atoms with van der Waals surface area (Å²) in [6.45, 7) is 0. The number of hydrogen-bond donors (Lipinski definition) is 1. The molecule has 0 unspecified atom stereocenters. The Balaban J connectivity index is 1.78. The third kappa shape index (κ3) is 4.33. The Morgan fingerprint density at radius 3 is 2.22 bits per heavy atom. The van der Waals surface area contributed by atoms with Crippen LogP contribution in [0.5, 0.6) is 11.5 Å². The number of benzene rings is 2. The SMILES string of the molecule is COc1ccc(C=Nc2cnn(C)c2C(=O)Nc2ccc(OC)cc2)cc1. The summed E-state index contributed by atoms with van der Waals surface area (Å²) in [7, 11) is 4.91. The van der Waals surface area contributed by atoms with Crippen molar-refractivity contribution in [3.8, 4) is 11.5 Å². The van der Waals surface area contributed by atoms with Gasteiger partial charge in [0, 0.05) is 18.9 Å². The van der Waals surface area contributed by atoms with Crippen molar-refractivity contribution in [2.45, 2.75) is 0 Å². The zero-order valence-electron chi connectivity index (χ0n) is 15.3. The predicted molar refractivity (Wildman–Crippen MR) is 104 cm³/mol. The van der Waals surface area contributed by atoms with Crippen molar-refractivity contribution >= 4 is 23.5 Å². The predicted octanol–water partition coefficient (Wildman–Crippen LogP) is 3.44. The number of nitrogens with zero attached hydrogens (tertiary/aromatic N) is 3. The molecule has 0 aliphatic carbocycles. The molecule has 0 saturated heterocycles. The lowest BCUT2D eigenvalue weighted by molar-refractivity contribution is 0.101. The van der Waals surface area contributed by atoms with Crippen LogP contribution in [-0.2, 0) is 7.05 Å². The number of ether oxygens (including phenoxy) is 2. The second kappa shape index (κ2) is 8.18. The van der Waals surface area contributed by atoms with E-state index in [1.165, 1.54) is 4.68 Å². The van der Waals surface area contributed by atoms with Crippen molar-refractivity contribution in [1.82, 2.24) is 9.78 Å². The van der Waals surface area contributed by atoms with Crippen molar-refractivity contribution in [3.05, 3.63) is 66.0 Å². The monoisotopic (exact) mass is 364 g/mol. The summed E-state index contributed by atoms with van der Waals surface area (Å²) in [5.41, 5.74) is 2.41. The van der Waals surface area contributed by atoms with Gasteiger partial charge in [-0.15, -0.1) is 0 Å². The van der Waals surface area contributed by atoms with E-state index in [1.807, 2.05) is 24.3 Å². The van der Waals surface area contributed by atoms with Crippen LogP contribution >= 0.6 is 0 Å². The van der Waals surface area contributed by atoms with Crippen molar-refractivity contribution in [1.29, 1.82) is 0 Å². The maximum atomic E-state index is 12.7. The first-order chi connectivity index (χ1) is 13.1. The minimum absolute atomic E-state index is 0.290. The summed E-state index contributed by atoms with van der Waals surface area (Å²) in [5, 5.41) is 6.99. The standard InChI is InChI=1S/C20H20N4O3/c1-24-19(20(25)23-15-6-10-17(27-3)11-7-15)18(13-22-24)21-12-14-4-8-16(26-2)9-5-14/h4-13H,1-3H3,(H,23,25). The Labute approximate surface area is 157 Å². The molecule has 3 aromatic rings. The molecule has 2 aromatic carbocycles. The fraction of sp³-hybridized carbons (Fsp3) is 0.150. The molecular formula is C20H20N4O3. The molecule has 0 saturated carbocycles. The van der Waals surface area contributed by atoms with E-state index in [2.05, 4.69) is 15.4 Å². The summed E-state index contributed by atoms with van der Waals surface area (Å²) in [6.07, 6.45) is 3.24. The normalized spacial score (nSPS) is 10.8. The third-order valence-electron chi connectivity index (χ3n) is 3.95. The van der Waals surface area contributed by atoms with Crippen LogP contribution in [0.15, 0.2) is 59.7 Å². The average molecular weight is 364 g/mol. The van der Waals surface area contributed by atoms with E-state index in [1.54, 1.807) is 57.9 Å². The summed E-state index contributed by atoms with van der Waals surface area (Å²) >= 11 is 0. The summed E-state index contributed by atoms with van der Waals surface area (Å²) in [5.74, 6) is 1.20. The van der Waals surface area contributed by atoms with E-state index >= 15 is 0 Å². The van der Waals surface area contributed by atoms with E-state index in [4.69, 9.17) is 9.47 Å². The van der Waals surface area contributed by atoms with Crippen LogP contribution in [-0.4, -0.2) is 36.1 Å². The van der Waals surface area contributed by atoms with Crippen molar-refractivity contribution in [3.63, 3.8) is 0 Å². The van der Waals surface area contributed by atoms with Crippen LogP contribution in [0.3, 0.4) is 0 Å². The molecule has 7 nitrogen and oxygen atoms in total. The van der Waals surface area contributed by atoms with Gasteiger partial charge in [-0.3, -0.25) is 14.5 Å². The lowest BCUT2D eigenvalue weighted by atomic mass is 10.2. The zero-order chi connectivity index (χ0) is 19.2. The molecule has 1 heterocycles. The molecule has 27 heavy (non-hydrogen) atoms. The first kappa shape index (κ1) is 18.2. The van der Waals surface area contributed by atoms with Gasteiger partial charge in [0.2, 0.25) is 0 Å². The molecule has 1 N–H and O–H groups in total. The Morgan fingerprint density at radius 1 is 1.04 bits per heavy atom. The molecular weight excluding hydrogens is 344 g/mol. The number of aliphatic imine (C=N–C) groups is 1. The molecule has 138 valence electrons. The van der Waals surface area contributed by atoms with Crippen molar-refractivity contribution in [2.24, 2.45) is 12.0 Å². The van der Waals surface area contributed by atoms with E-state index in [9.17, 15) is 4.79 Å². The summed E-state index contributed by atoms with van der Waals surface area (Å²) < 4.78 is 11.8. The number of aryl methyl sites for hydroxylation is 1. The number of methoxy groups -OCH3 is 2. The van der Waals surface area contributed by atoms with Gasteiger partial charge in [-0.2, -0.15) is 5.10 Å². The number of carbonyl (C=O) groups is 1. The highest BCUT2D eigenvalue weighted by Gasteiger charge is 2.16. The van der Waals surface area contributed by atoms with Crippen LogP contribution in [0.1, 0.15) is 16.1 Å². The number of hydrogen-bond acceptors (Lipinski definition) is 5. The maximum Gasteiger partial charge on any atom is 0.276 e. The zero-order valence-corrected chi connectivity index (χ0v) is 15.3. The van der Waals surface area contributed by atoms with E-state index in [-0.39, 0.29) is 5.91 Å². The van der Waals surface area contributed by atoms with Crippen LogP contribution in [0.2, 0.25) is 0 Å². The number of amides is 1. The van der Waals surface area contributed by atoms with Crippen molar-refractivity contribution in [2.75, 3.05) is 19.5 Å². The topological polar surface area (TPSA) is 77.7 Å². The van der Waals surface area contributed by atoms with Crippen LogP contribution < -0.4 is 14.8 Å². The van der Waals surface area contributed by atoms with Gasteiger partial charge in [0.05, 0.1) is 20.4 Å². The number of carbonyl (C=O) groups excluding carboxylic acids is 1. The summed E-state index contributed by atoms with van der Waals surface area (Å²) in [6, 6.07) is 14.6. The Bertz CT molecular complexity index is 944.